The molecule has 136 valence electrons. The van der Waals surface area contributed by atoms with Gasteiger partial charge in [-0.2, -0.15) is 4.31 Å². The van der Waals surface area contributed by atoms with Gasteiger partial charge in [0.15, 0.2) is 0 Å². The minimum atomic E-state index is -3.50. The average molecular weight is 382 g/mol. The summed E-state index contributed by atoms with van der Waals surface area (Å²) in [7, 11) is -3.50. The fraction of sp³-hybridized carbons (Fsp3) is 0.412. The summed E-state index contributed by atoms with van der Waals surface area (Å²) in [5, 5.41) is 5.81. The molecule has 2 rings (SSSR count). The third-order valence-corrected chi connectivity index (χ3v) is 6.68. The van der Waals surface area contributed by atoms with Gasteiger partial charge in [0.2, 0.25) is 10.0 Å². The second kappa shape index (κ2) is 8.55. The van der Waals surface area contributed by atoms with Gasteiger partial charge in [0, 0.05) is 37.0 Å². The number of rotatable bonds is 8. The van der Waals surface area contributed by atoms with E-state index in [1.54, 1.807) is 37.3 Å². The third-order valence-electron chi connectivity index (χ3n) is 3.79. The Balaban J connectivity index is 1.98. The zero-order valence-corrected chi connectivity index (χ0v) is 16.3. The molecule has 6 nitrogen and oxygen atoms in total. The molecule has 8 heteroatoms. The van der Waals surface area contributed by atoms with E-state index in [0.29, 0.717) is 31.6 Å². The number of aryl methyl sites for hydroxylation is 1. The molecule has 1 heterocycles. The molecular weight excluding hydrogens is 358 g/mol. The molecule has 0 unspecified atom stereocenters. The highest BCUT2D eigenvalue weighted by Crippen LogP contribution is 2.16. The summed E-state index contributed by atoms with van der Waals surface area (Å²) in [4.78, 5) is 16.7. The summed E-state index contributed by atoms with van der Waals surface area (Å²) in [6, 6.07) is 6.04. The molecule has 1 aromatic heterocycles. The number of hydrogen-bond donors (Lipinski definition) is 1. The Morgan fingerprint density at radius 3 is 2.36 bits per heavy atom. The number of amides is 1. The lowest BCUT2D eigenvalue weighted by Gasteiger charge is -2.18. The maximum Gasteiger partial charge on any atom is 0.251 e. The van der Waals surface area contributed by atoms with Gasteiger partial charge in [0.1, 0.15) is 0 Å². The maximum absolute atomic E-state index is 12.4. The second-order valence-electron chi connectivity index (χ2n) is 5.48. The molecule has 1 amide bonds. The van der Waals surface area contributed by atoms with Crippen molar-refractivity contribution in [3.05, 3.63) is 45.9 Å². The van der Waals surface area contributed by atoms with E-state index in [4.69, 9.17) is 0 Å². The normalized spacial score (nSPS) is 11.7. The van der Waals surface area contributed by atoms with E-state index in [9.17, 15) is 13.2 Å². The van der Waals surface area contributed by atoms with E-state index in [1.807, 2.05) is 12.3 Å². The van der Waals surface area contributed by atoms with Crippen LogP contribution in [-0.2, 0) is 16.4 Å². The number of thiazole rings is 1. The maximum atomic E-state index is 12.4. The van der Waals surface area contributed by atoms with Crippen LogP contribution in [0.15, 0.2) is 34.5 Å². The van der Waals surface area contributed by atoms with Crippen molar-refractivity contribution in [1.82, 2.24) is 14.6 Å². The average Bonchev–Trinajstić information content (AvgIpc) is 3.01. The van der Waals surface area contributed by atoms with Crippen molar-refractivity contribution in [3.63, 3.8) is 0 Å². The van der Waals surface area contributed by atoms with Gasteiger partial charge in [-0.25, -0.2) is 13.4 Å². The smallest absolute Gasteiger partial charge is 0.251 e. The fourth-order valence-electron chi connectivity index (χ4n) is 2.42. The Morgan fingerprint density at radius 1 is 1.20 bits per heavy atom. The highest BCUT2D eigenvalue weighted by molar-refractivity contribution is 7.89. The molecule has 2 aromatic rings. The van der Waals surface area contributed by atoms with E-state index in [1.165, 1.54) is 16.4 Å². The lowest BCUT2D eigenvalue weighted by molar-refractivity contribution is 0.0954. The first-order chi connectivity index (χ1) is 11.9. The van der Waals surface area contributed by atoms with Crippen molar-refractivity contribution in [2.24, 2.45) is 0 Å². The number of aromatic nitrogens is 1. The molecule has 1 N–H and O–H groups in total. The largest absolute Gasteiger partial charge is 0.352 e. The molecule has 0 saturated carbocycles. The van der Waals surface area contributed by atoms with E-state index in [0.717, 1.165) is 10.7 Å². The molecule has 0 aliphatic rings. The molecule has 25 heavy (non-hydrogen) atoms. The molecule has 0 aliphatic heterocycles. The number of hydrogen-bond acceptors (Lipinski definition) is 5. The molecule has 0 bridgehead atoms. The van der Waals surface area contributed by atoms with Crippen LogP contribution in [0.25, 0.3) is 0 Å². The number of carbonyl (C=O) groups excluding carboxylic acids is 1. The quantitative estimate of drug-likeness (QED) is 0.762. The van der Waals surface area contributed by atoms with Crippen molar-refractivity contribution in [3.8, 4) is 0 Å². The van der Waals surface area contributed by atoms with Gasteiger partial charge in [-0.05, 0) is 31.2 Å². The van der Waals surface area contributed by atoms with Gasteiger partial charge in [0.25, 0.3) is 5.91 Å². The number of sulfonamides is 1. The minimum absolute atomic E-state index is 0.200. The Bertz CT molecular complexity index is 810. The summed E-state index contributed by atoms with van der Waals surface area (Å²) >= 11 is 1.58. The highest BCUT2D eigenvalue weighted by atomic mass is 32.2. The molecule has 1 aromatic carbocycles. The fourth-order valence-corrected chi connectivity index (χ4v) is 4.53. The number of benzene rings is 1. The molecule has 0 saturated heterocycles. The minimum Gasteiger partial charge on any atom is -0.352 e. The van der Waals surface area contributed by atoms with Gasteiger partial charge in [-0.15, -0.1) is 11.3 Å². The van der Waals surface area contributed by atoms with Crippen LogP contribution >= 0.6 is 11.3 Å². The summed E-state index contributed by atoms with van der Waals surface area (Å²) in [5.74, 6) is -0.223. The van der Waals surface area contributed by atoms with Crippen molar-refractivity contribution in [1.29, 1.82) is 0 Å². The van der Waals surface area contributed by atoms with E-state index >= 15 is 0 Å². The van der Waals surface area contributed by atoms with Crippen LogP contribution in [-0.4, -0.2) is 43.2 Å². The van der Waals surface area contributed by atoms with Crippen LogP contribution in [0.1, 0.15) is 34.9 Å². The zero-order chi connectivity index (χ0) is 18.4. The Labute approximate surface area is 153 Å². The highest BCUT2D eigenvalue weighted by Gasteiger charge is 2.21. The lowest BCUT2D eigenvalue weighted by atomic mass is 10.2. The van der Waals surface area contributed by atoms with Crippen LogP contribution in [0, 0.1) is 6.92 Å². The van der Waals surface area contributed by atoms with Crippen LogP contribution in [0.3, 0.4) is 0 Å². The SMILES string of the molecule is CCN(CC)S(=O)(=O)c1ccc(C(=O)NCCc2csc(C)n2)cc1. The van der Waals surface area contributed by atoms with Gasteiger partial charge in [-0.3, -0.25) is 4.79 Å². The van der Waals surface area contributed by atoms with Gasteiger partial charge < -0.3 is 5.32 Å². The molecule has 0 fully saturated rings. The summed E-state index contributed by atoms with van der Waals surface area (Å²) < 4.78 is 26.2. The van der Waals surface area contributed by atoms with Gasteiger partial charge in [0.05, 0.1) is 15.6 Å². The Hall–Kier alpha value is -1.77. The van der Waals surface area contributed by atoms with E-state index in [-0.39, 0.29) is 10.8 Å². The lowest BCUT2D eigenvalue weighted by Crippen LogP contribution is -2.30. The number of carbonyl (C=O) groups is 1. The summed E-state index contributed by atoms with van der Waals surface area (Å²) in [6.07, 6.45) is 0.671. The first-order valence-electron chi connectivity index (χ1n) is 8.18. The van der Waals surface area contributed by atoms with Gasteiger partial charge in [-0.1, -0.05) is 13.8 Å². The van der Waals surface area contributed by atoms with E-state index in [2.05, 4.69) is 10.3 Å². The molecule has 0 aliphatic carbocycles. The Morgan fingerprint density at radius 2 is 1.84 bits per heavy atom. The van der Waals surface area contributed by atoms with Crippen LogP contribution in [0.4, 0.5) is 0 Å². The third kappa shape index (κ3) is 4.87. The van der Waals surface area contributed by atoms with Crippen LogP contribution < -0.4 is 5.32 Å². The van der Waals surface area contributed by atoms with Crippen molar-refractivity contribution in [2.75, 3.05) is 19.6 Å². The van der Waals surface area contributed by atoms with Crippen molar-refractivity contribution >= 4 is 27.3 Å². The summed E-state index contributed by atoms with van der Waals surface area (Å²) in [6.45, 7) is 6.86. The molecule has 0 radical (unpaired) electrons. The first kappa shape index (κ1) is 19.6. The predicted octanol–water partition coefficient (Wildman–Crippen LogP) is 2.45. The first-order valence-corrected chi connectivity index (χ1v) is 10.5. The van der Waals surface area contributed by atoms with Crippen LogP contribution in [0.5, 0.6) is 0 Å². The number of nitrogens with one attached hydrogen (secondary N) is 1. The monoisotopic (exact) mass is 381 g/mol. The standard InChI is InChI=1S/C17H23N3O3S2/c1-4-20(5-2)25(22,23)16-8-6-14(7-9-16)17(21)18-11-10-15-12-24-13(3)19-15/h6-9,12H,4-5,10-11H2,1-3H3,(H,18,21). The zero-order valence-electron chi connectivity index (χ0n) is 14.7. The Kier molecular flexibility index (Phi) is 6.69. The van der Waals surface area contributed by atoms with Gasteiger partial charge >= 0.3 is 0 Å². The van der Waals surface area contributed by atoms with E-state index < -0.39 is 10.0 Å². The van der Waals surface area contributed by atoms with Crippen molar-refractivity contribution in [2.45, 2.75) is 32.1 Å². The topological polar surface area (TPSA) is 79.4 Å². The molecule has 0 spiro atoms. The van der Waals surface area contributed by atoms with Crippen LogP contribution in [0.2, 0.25) is 0 Å². The predicted molar refractivity (Wildman–Crippen MR) is 99.4 cm³/mol. The number of nitrogens with zero attached hydrogens (tertiary/aromatic N) is 2. The second-order valence-corrected chi connectivity index (χ2v) is 8.48. The summed E-state index contributed by atoms with van der Waals surface area (Å²) in [5.41, 5.74) is 1.40. The molecule has 0 atom stereocenters. The van der Waals surface area contributed by atoms with Crippen molar-refractivity contribution < 1.29 is 13.2 Å². The molecular formula is C17H23N3O3S2.